The molecular weight excluding hydrogens is 813 g/mol. The fourth-order valence-corrected chi connectivity index (χ4v) is 8.97. The molecule has 0 N–H and O–H groups in total. The van der Waals surface area contributed by atoms with Crippen molar-refractivity contribution in [2.24, 2.45) is 0 Å². The zero-order chi connectivity index (χ0) is 47.7. The highest BCUT2D eigenvalue weighted by atomic mass is 16.6. The van der Waals surface area contributed by atoms with Crippen LogP contribution in [-0.2, 0) is 23.8 Å². The lowest BCUT2D eigenvalue weighted by Gasteiger charge is -2.18. The molecule has 0 heterocycles. The van der Waals surface area contributed by atoms with Crippen molar-refractivity contribution in [1.82, 2.24) is 0 Å². The Morgan fingerprint density at radius 3 is 0.939 bits per heavy atom. The van der Waals surface area contributed by atoms with Crippen molar-refractivity contribution in [3.63, 3.8) is 0 Å². The third kappa shape index (κ3) is 55.0. The smallest absolute Gasteiger partial charge is 0.306 e. The number of carbonyl (C=O) groups is 2. The molecule has 0 aromatic rings. The molecule has 5 heteroatoms. The van der Waals surface area contributed by atoms with Gasteiger partial charge in [0.15, 0.2) is 6.10 Å². The molecule has 1 atom stereocenters. The fraction of sp³-hybridized carbons (Fsp3) is 0.902. The van der Waals surface area contributed by atoms with Gasteiger partial charge >= 0.3 is 11.9 Å². The summed E-state index contributed by atoms with van der Waals surface area (Å²) in [6, 6.07) is 0. The Balaban J connectivity index is 4.21. The summed E-state index contributed by atoms with van der Waals surface area (Å²) >= 11 is 0. The SMILES string of the molecule is CCCCCC/C=C\CCCCCCCCOCC(COC(=O)CCCCCCCCCCCCCCCCCCCCC)OC(=O)CCCCCCCCC/C=C\CCCCCCCC. The van der Waals surface area contributed by atoms with Crippen LogP contribution in [0.4, 0.5) is 0 Å². The van der Waals surface area contributed by atoms with Gasteiger partial charge in [-0.25, -0.2) is 0 Å². The molecule has 0 saturated heterocycles. The first-order chi connectivity index (χ1) is 32.6. The Morgan fingerprint density at radius 2 is 0.591 bits per heavy atom. The van der Waals surface area contributed by atoms with Crippen LogP contribution in [0.15, 0.2) is 24.3 Å². The third-order valence-corrected chi connectivity index (χ3v) is 13.5. The van der Waals surface area contributed by atoms with E-state index in [4.69, 9.17) is 14.2 Å². The maximum absolute atomic E-state index is 12.9. The van der Waals surface area contributed by atoms with Gasteiger partial charge in [0, 0.05) is 19.4 Å². The van der Waals surface area contributed by atoms with E-state index in [0.717, 1.165) is 38.5 Å². The van der Waals surface area contributed by atoms with Crippen molar-refractivity contribution in [1.29, 1.82) is 0 Å². The molecule has 0 radical (unpaired) electrons. The van der Waals surface area contributed by atoms with Gasteiger partial charge in [-0.1, -0.05) is 270 Å². The molecule has 0 saturated carbocycles. The Morgan fingerprint density at radius 1 is 0.318 bits per heavy atom. The summed E-state index contributed by atoms with van der Waals surface area (Å²) in [7, 11) is 0. The van der Waals surface area contributed by atoms with Gasteiger partial charge in [-0.05, 0) is 70.6 Å². The van der Waals surface area contributed by atoms with Gasteiger partial charge in [-0.3, -0.25) is 9.59 Å². The van der Waals surface area contributed by atoms with Crippen molar-refractivity contribution >= 4 is 11.9 Å². The minimum atomic E-state index is -0.536. The minimum absolute atomic E-state index is 0.0884. The molecular formula is C61H116O5. The van der Waals surface area contributed by atoms with Gasteiger partial charge in [-0.15, -0.1) is 0 Å². The molecule has 0 spiro atoms. The molecule has 0 bridgehead atoms. The van der Waals surface area contributed by atoms with Crippen molar-refractivity contribution < 1.29 is 23.8 Å². The number of rotatable bonds is 56. The molecule has 5 nitrogen and oxygen atoms in total. The first kappa shape index (κ1) is 64.4. The fourth-order valence-electron chi connectivity index (χ4n) is 8.97. The largest absolute Gasteiger partial charge is 0.462 e. The average molecular weight is 930 g/mol. The number of hydrogen-bond donors (Lipinski definition) is 0. The van der Waals surface area contributed by atoms with E-state index >= 15 is 0 Å². The van der Waals surface area contributed by atoms with E-state index < -0.39 is 6.10 Å². The summed E-state index contributed by atoms with van der Waals surface area (Å²) in [5.74, 6) is -0.382. The van der Waals surface area contributed by atoms with Crippen LogP contribution < -0.4 is 0 Å². The van der Waals surface area contributed by atoms with E-state index in [2.05, 4.69) is 45.1 Å². The topological polar surface area (TPSA) is 61.8 Å². The molecule has 0 fully saturated rings. The van der Waals surface area contributed by atoms with E-state index in [9.17, 15) is 9.59 Å². The van der Waals surface area contributed by atoms with Gasteiger partial charge in [-0.2, -0.15) is 0 Å². The van der Waals surface area contributed by atoms with Crippen LogP contribution in [0.2, 0.25) is 0 Å². The summed E-state index contributed by atoms with van der Waals surface area (Å²) in [5, 5.41) is 0. The average Bonchev–Trinajstić information content (AvgIpc) is 3.32. The second kappa shape index (κ2) is 57.7. The zero-order valence-corrected chi connectivity index (χ0v) is 45.0. The Labute approximate surface area is 413 Å². The maximum Gasteiger partial charge on any atom is 0.306 e. The normalized spacial score (nSPS) is 12.2. The summed E-state index contributed by atoms with van der Waals surface area (Å²) in [6.07, 6.45) is 69.1. The quantitative estimate of drug-likeness (QED) is 0.0345. The highest BCUT2D eigenvalue weighted by Gasteiger charge is 2.17. The molecule has 0 rings (SSSR count). The van der Waals surface area contributed by atoms with Crippen LogP contribution in [0, 0.1) is 0 Å². The van der Waals surface area contributed by atoms with Crippen LogP contribution >= 0.6 is 0 Å². The van der Waals surface area contributed by atoms with Gasteiger partial charge in [0.25, 0.3) is 0 Å². The lowest BCUT2D eigenvalue weighted by Crippen LogP contribution is -2.30. The zero-order valence-electron chi connectivity index (χ0n) is 45.0. The predicted molar refractivity (Wildman–Crippen MR) is 289 cm³/mol. The number of ether oxygens (including phenoxy) is 3. The first-order valence-corrected chi connectivity index (χ1v) is 29.9. The highest BCUT2D eigenvalue weighted by molar-refractivity contribution is 5.70. The Bertz CT molecular complexity index is 1010. The van der Waals surface area contributed by atoms with Crippen molar-refractivity contribution in [3.8, 4) is 0 Å². The number of esters is 2. The number of hydrogen-bond acceptors (Lipinski definition) is 5. The van der Waals surface area contributed by atoms with Gasteiger partial charge < -0.3 is 14.2 Å². The molecule has 0 aromatic carbocycles. The second-order valence-electron chi connectivity index (χ2n) is 20.3. The molecule has 0 aliphatic rings. The first-order valence-electron chi connectivity index (χ1n) is 29.9. The standard InChI is InChI=1S/C61H116O5/c1-4-7-10-13-16-19-22-25-28-30-31-33-34-36-39-42-45-48-51-54-60(62)65-58-59(57-64-56-53-50-47-44-41-38-27-24-21-18-15-12-9-6-3)66-61(63)55-52-49-46-43-40-37-35-32-29-26-23-20-17-14-11-8-5-2/h21,24,26,29,59H,4-20,22-23,25,27-28,30-58H2,1-3H3/b24-21-,29-26-. The van der Waals surface area contributed by atoms with Crippen LogP contribution in [0.3, 0.4) is 0 Å². The Hall–Kier alpha value is -1.62. The number of carbonyl (C=O) groups excluding carboxylic acids is 2. The van der Waals surface area contributed by atoms with E-state index in [1.165, 1.54) is 257 Å². The number of allylic oxidation sites excluding steroid dienone is 4. The maximum atomic E-state index is 12.9. The molecule has 66 heavy (non-hydrogen) atoms. The highest BCUT2D eigenvalue weighted by Crippen LogP contribution is 2.17. The van der Waals surface area contributed by atoms with Crippen LogP contribution in [0.25, 0.3) is 0 Å². The monoisotopic (exact) mass is 929 g/mol. The lowest BCUT2D eigenvalue weighted by molar-refractivity contribution is -0.163. The van der Waals surface area contributed by atoms with Crippen molar-refractivity contribution in [2.75, 3.05) is 19.8 Å². The van der Waals surface area contributed by atoms with E-state index in [-0.39, 0.29) is 25.2 Å². The van der Waals surface area contributed by atoms with Crippen molar-refractivity contribution in [2.45, 2.75) is 335 Å². The van der Waals surface area contributed by atoms with Crippen molar-refractivity contribution in [3.05, 3.63) is 24.3 Å². The number of unbranched alkanes of at least 4 members (excludes halogenated alkanes) is 41. The third-order valence-electron chi connectivity index (χ3n) is 13.5. The molecule has 390 valence electrons. The predicted octanol–water partition coefficient (Wildman–Crippen LogP) is 20.4. The Kier molecular flexibility index (Phi) is 56.3. The lowest BCUT2D eigenvalue weighted by atomic mass is 10.0. The van der Waals surface area contributed by atoms with Crippen LogP contribution in [0.5, 0.6) is 0 Å². The molecule has 0 aliphatic carbocycles. The molecule has 0 amide bonds. The van der Waals surface area contributed by atoms with E-state index in [1.807, 2.05) is 0 Å². The summed E-state index contributed by atoms with van der Waals surface area (Å²) < 4.78 is 17.5. The molecule has 0 aliphatic heterocycles. The molecule has 1 unspecified atom stereocenters. The van der Waals surface area contributed by atoms with Crippen LogP contribution in [-0.4, -0.2) is 37.9 Å². The summed E-state index contributed by atoms with van der Waals surface area (Å²) in [4.78, 5) is 25.5. The van der Waals surface area contributed by atoms with Gasteiger partial charge in [0.05, 0.1) is 6.61 Å². The minimum Gasteiger partial charge on any atom is -0.462 e. The van der Waals surface area contributed by atoms with E-state index in [1.54, 1.807) is 0 Å². The van der Waals surface area contributed by atoms with Crippen LogP contribution in [0.1, 0.15) is 329 Å². The van der Waals surface area contributed by atoms with Gasteiger partial charge in [0.1, 0.15) is 6.61 Å². The molecule has 0 aromatic heterocycles. The summed E-state index contributed by atoms with van der Waals surface area (Å²) in [6.45, 7) is 7.87. The summed E-state index contributed by atoms with van der Waals surface area (Å²) in [5.41, 5.74) is 0. The van der Waals surface area contributed by atoms with Gasteiger partial charge in [0.2, 0.25) is 0 Å². The van der Waals surface area contributed by atoms with E-state index in [0.29, 0.717) is 19.4 Å². The second-order valence-corrected chi connectivity index (χ2v) is 20.3.